The Labute approximate surface area is 123 Å². The Kier molecular flexibility index (Phi) is 5.11. The molecule has 0 aromatic heterocycles. The van der Waals surface area contributed by atoms with Gasteiger partial charge in [-0.25, -0.2) is 0 Å². The second kappa shape index (κ2) is 6.62. The van der Waals surface area contributed by atoms with E-state index in [1.165, 1.54) is 18.4 Å². The zero-order valence-corrected chi connectivity index (χ0v) is 13.4. The number of fused-ring (bicyclic) bond motifs is 1. The molecule has 0 saturated carbocycles. The van der Waals surface area contributed by atoms with Gasteiger partial charge in [0.1, 0.15) is 0 Å². The normalized spacial score (nSPS) is 15.0. The molecule has 0 fully saturated rings. The monoisotopic (exact) mass is 327 g/mol. The van der Waals surface area contributed by atoms with Gasteiger partial charge in [0.15, 0.2) is 11.5 Å². The predicted octanol–water partition coefficient (Wildman–Crippen LogP) is 4.09. The lowest BCUT2D eigenvalue weighted by atomic mass is 10.0. The fraction of sp³-hybridized carbons (Fsp3) is 0.600. The Hall–Kier alpha value is -0.740. The second-order valence-electron chi connectivity index (χ2n) is 5.56. The highest BCUT2D eigenvalue weighted by molar-refractivity contribution is 9.10. The lowest BCUT2D eigenvalue weighted by molar-refractivity contribution is 0.173. The first kappa shape index (κ1) is 14.7. The average molecular weight is 328 g/mol. The minimum atomic E-state index is 0.315. The van der Waals surface area contributed by atoms with Gasteiger partial charge < -0.3 is 14.8 Å². The van der Waals surface area contributed by atoms with Crippen LogP contribution in [0.3, 0.4) is 0 Å². The molecule has 1 aliphatic heterocycles. The van der Waals surface area contributed by atoms with Gasteiger partial charge in [0, 0.05) is 12.6 Å². The minimum absolute atomic E-state index is 0.315. The van der Waals surface area contributed by atoms with Crippen LogP contribution in [0.1, 0.15) is 39.2 Å². The van der Waals surface area contributed by atoms with Gasteiger partial charge in [-0.05, 0) is 59.3 Å². The molecule has 1 aromatic carbocycles. The Morgan fingerprint density at radius 1 is 1.21 bits per heavy atom. The molecule has 0 amide bonds. The molecule has 1 N–H and O–H groups in total. The first-order chi connectivity index (χ1) is 9.06. The number of hydrogen-bond acceptors (Lipinski definition) is 3. The van der Waals surface area contributed by atoms with E-state index in [0.717, 1.165) is 28.4 Å². The van der Waals surface area contributed by atoms with Crippen LogP contribution in [-0.2, 0) is 6.54 Å². The maximum atomic E-state index is 5.43. The quantitative estimate of drug-likeness (QED) is 0.853. The Balaban J connectivity index is 1.88. The van der Waals surface area contributed by atoms with Crippen molar-refractivity contribution in [2.75, 3.05) is 6.79 Å². The minimum Gasteiger partial charge on any atom is -0.454 e. The maximum absolute atomic E-state index is 5.43. The van der Waals surface area contributed by atoms with Gasteiger partial charge in [0.2, 0.25) is 6.79 Å². The number of hydrogen-bond donors (Lipinski definition) is 1. The summed E-state index contributed by atoms with van der Waals surface area (Å²) in [7, 11) is 0. The summed E-state index contributed by atoms with van der Waals surface area (Å²) in [6, 6.07) is 4.68. The molecule has 1 aliphatic rings. The highest BCUT2D eigenvalue weighted by Crippen LogP contribution is 2.39. The molecule has 1 atom stereocenters. The van der Waals surface area contributed by atoms with Gasteiger partial charge in [-0.1, -0.05) is 13.8 Å². The topological polar surface area (TPSA) is 30.5 Å². The molecule has 19 heavy (non-hydrogen) atoms. The van der Waals surface area contributed by atoms with Crippen LogP contribution in [0.15, 0.2) is 16.6 Å². The first-order valence-corrected chi connectivity index (χ1v) is 7.67. The number of rotatable bonds is 6. The van der Waals surface area contributed by atoms with Crippen LogP contribution in [0.5, 0.6) is 11.5 Å². The smallest absolute Gasteiger partial charge is 0.231 e. The van der Waals surface area contributed by atoms with E-state index in [1.54, 1.807) is 0 Å². The number of ether oxygens (including phenoxy) is 2. The van der Waals surface area contributed by atoms with Crippen molar-refractivity contribution in [3.63, 3.8) is 0 Å². The molecule has 0 bridgehead atoms. The molecule has 1 aromatic rings. The molecular formula is C15H22BrNO2. The van der Waals surface area contributed by atoms with Crippen LogP contribution < -0.4 is 14.8 Å². The second-order valence-corrected chi connectivity index (χ2v) is 6.42. The third-order valence-corrected chi connectivity index (χ3v) is 3.91. The summed E-state index contributed by atoms with van der Waals surface area (Å²) in [6.45, 7) is 7.94. The highest BCUT2D eigenvalue weighted by Gasteiger charge is 2.17. The molecule has 0 saturated heterocycles. The molecule has 0 aliphatic carbocycles. The molecule has 2 rings (SSSR count). The van der Waals surface area contributed by atoms with Gasteiger partial charge in [-0.3, -0.25) is 0 Å². The van der Waals surface area contributed by atoms with E-state index < -0.39 is 0 Å². The van der Waals surface area contributed by atoms with E-state index in [1.807, 2.05) is 0 Å². The predicted molar refractivity (Wildman–Crippen MR) is 80.6 cm³/mol. The molecule has 3 nitrogen and oxygen atoms in total. The first-order valence-electron chi connectivity index (χ1n) is 6.87. The van der Waals surface area contributed by atoms with Crippen LogP contribution >= 0.6 is 15.9 Å². The van der Waals surface area contributed by atoms with Crippen LogP contribution in [0.25, 0.3) is 0 Å². The third kappa shape index (κ3) is 4.11. The van der Waals surface area contributed by atoms with Gasteiger partial charge in [-0.2, -0.15) is 0 Å². The molecule has 0 radical (unpaired) electrons. The summed E-state index contributed by atoms with van der Waals surface area (Å²) in [6.07, 6.45) is 2.47. The van der Waals surface area contributed by atoms with Crippen molar-refractivity contribution in [1.29, 1.82) is 0 Å². The molecule has 1 unspecified atom stereocenters. The van der Waals surface area contributed by atoms with E-state index in [0.29, 0.717) is 12.8 Å². The summed E-state index contributed by atoms with van der Waals surface area (Å²) < 4.78 is 11.8. The van der Waals surface area contributed by atoms with E-state index in [4.69, 9.17) is 9.47 Å². The fourth-order valence-corrected chi connectivity index (χ4v) is 2.70. The summed E-state index contributed by atoms with van der Waals surface area (Å²) >= 11 is 3.52. The SMILES string of the molecule is CC(C)CCC(C)NCc1cc(Br)c2c(c1)OCO2. The standard InChI is InChI=1S/C15H22BrNO2/c1-10(2)4-5-11(3)17-8-12-6-13(16)15-14(7-12)18-9-19-15/h6-7,10-11,17H,4-5,8-9H2,1-3H3. The third-order valence-electron chi connectivity index (χ3n) is 3.32. The van der Waals surface area contributed by atoms with Crippen LogP contribution in [0.4, 0.5) is 0 Å². The van der Waals surface area contributed by atoms with Crippen LogP contribution in [0, 0.1) is 5.92 Å². The van der Waals surface area contributed by atoms with Crippen molar-refractivity contribution in [3.05, 3.63) is 22.2 Å². The van der Waals surface area contributed by atoms with E-state index in [9.17, 15) is 0 Å². The van der Waals surface area contributed by atoms with Crippen molar-refractivity contribution in [1.82, 2.24) is 5.32 Å². The fourth-order valence-electron chi connectivity index (χ4n) is 2.10. The van der Waals surface area contributed by atoms with Crippen LogP contribution in [-0.4, -0.2) is 12.8 Å². The van der Waals surface area contributed by atoms with Crippen molar-refractivity contribution in [2.24, 2.45) is 5.92 Å². The van der Waals surface area contributed by atoms with Crippen LogP contribution in [0.2, 0.25) is 0 Å². The van der Waals surface area contributed by atoms with Gasteiger partial charge in [-0.15, -0.1) is 0 Å². The highest BCUT2D eigenvalue weighted by atomic mass is 79.9. The van der Waals surface area contributed by atoms with E-state index in [-0.39, 0.29) is 0 Å². The van der Waals surface area contributed by atoms with Crippen molar-refractivity contribution in [2.45, 2.75) is 46.2 Å². The number of benzene rings is 1. The average Bonchev–Trinajstić information content (AvgIpc) is 2.82. The summed E-state index contributed by atoms with van der Waals surface area (Å²) in [5.41, 5.74) is 1.22. The van der Waals surface area contributed by atoms with Gasteiger partial charge in [0.25, 0.3) is 0 Å². The Morgan fingerprint density at radius 3 is 2.74 bits per heavy atom. The Bertz CT molecular complexity index is 434. The molecule has 106 valence electrons. The number of halogens is 1. The lowest BCUT2D eigenvalue weighted by Gasteiger charge is -2.15. The largest absolute Gasteiger partial charge is 0.454 e. The molecule has 4 heteroatoms. The molecule has 1 heterocycles. The zero-order chi connectivity index (χ0) is 13.8. The van der Waals surface area contributed by atoms with Gasteiger partial charge in [0.05, 0.1) is 4.47 Å². The maximum Gasteiger partial charge on any atom is 0.231 e. The van der Waals surface area contributed by atoms with Crippen molar-refractivity contribution in [3.8, 4) is 11.5 Å². The lowest BCUT2D eigenvalue weighted by Crippen LogP contribution is -2.25. The molecule has 0 spiro atoms. The number of nitrogens with one attached hydrogen (secondary N) is 1. The summed E-state index contributed by atoms with van der Waals surface area (Å²) in [5.74, 6) is 2.42. The zero-order valence-electron chi connectivity index (χ0n) is 11.8. The van der Waals surface area contributed by atoms with Crippen molar-refractivity contribution < 1.29 is 9.47 Å². The van der Waals surface area contributed by atoms with Gasteiger partial charge >= 0.3 is 0 Å². The Morgan fingerprint density at radius 2 is 2.00 bits per heavy atom. The summed E-state index contributed by atoms with van der Waals surface area (Å²) in [4.78, 5) is 0. The molecular weight excluding hydrogens is 306 g/mol. The summed E-state index contributed by atoms with van der Waals surface area (Å²) in [5, 5.41) is 3.56. The van der Waals surface area contributed by atoms with E-state index in [2.05, 4.69) is 54.2 Å². The van der Waals surface area contributed by atoms with E-state index >= 15 is 0 Å². The van der Waals surface area contributed by atoms with Crippen molar-refractivity contribution >= 4 is 15.9 Å².